The van der Waals surface area contributed by atoms with Crippen molar-refractivity contribution in [2.75, 3.05) is 6.61 Å². The lowest BCUT2D eigenvalue weighted by atomic mass is 10.1. The van der Waals surface area contributed by atoms with Crippen LogP contribution in [0.4, 0.5) is 0 Å². The van der Waals surface area contributed by atoms with Crippen molar-refractivity contribution in [1.29, 1.82) is 0 Å². The highest BCUT2D eigenvalue weighted by Crippen LogP contribution is 2.24. The summed E-state index contributed by atoms with van der Waals surface area (Å²) in [6.45, 7) is -0.265. The third kappa shape index (κ3) is 4.49. The maximum absolute atomic E-state index is 12.5. The van der Waals surface area contributed by atoms with E-state index in [0.29, 0.717) is 11.3 Å². The summed E-state index contributed by atoms with van der Waals surface area (Å²) in [5.74, 6) is -0.310. The van der Waals surface area contributed by atoms with Crippen LogP contribution in [0.1, 0.15) is 24.5 Å². The third-order valence-corrected chi connectivity index (χ3v) is 4.59. The minimum atomic E-state index is -0.977. The highest BCUT2D eigenvalue weighted by atomic mass is 16.6. The van der Waals surface area contributed by atoms with E-state index >= 15 is 0 Å². The average Bonchev–Trinajstić information content (AvgIpc) is 3.55. The molecule has 5 nitrogen and oxygen atoms in total. The molecule has 1 saturated carbocycles. The summed E-state index contributed by atoms with van der Waals surface area (Å²) in [6.07, 6.45) is 0.952. The van der Waals surface area contributed by atoms with Crippen molar-refractivity contribution in [2.24, 2.45) is 0 Å². The van der Waals surface area contributed by atoms with E-state index in [-0.39, 0.29) is 18.6 Å². The van der Waals surface area contributed by atoms with Crippen molar-refractivity contribution >= 4 is 22.6 Å². The molecule has 0 unspecified atom stereocenters. The fourth-order valence-corrected chi connectivity index (χ4v) is 2.97. The molecule has 1 atom stereocenters. The SMILES string of the molecule is O=C(COc1ccc2ccccc2c1)O[C@H](C(=O)NC1CC1)c1ccccc1. The number of esters is 1. The van der Waals surface area contributed by atoms with E-state index in [2.05, 4.69) is 5.32 Å². The van der Waals surface area contributed by atoms with Gasteiger partial charge in [0, 0.05) is 11.6 Å². The molecule has 1 aliphatic carbocycles. The summed E-state index contributed by atoms with van der Waals surface area (Å²) in [6, 6.07) is 22.7. The number of carbonyl (C=O) groups excluding carboxylic acids is 2. The lowest BCUT2D eigenvalue weighted by molar-refractivity contribution is -0.158. The van der Waals surface area contributed by atoms with Gasteiger partial charge in [0.15, 0.2) is 6.61 Å². The first kappa shape index (κ1) is 18.0. The predicted octanol–water partition coefficient (Wildman–Crippen LogP) is 3.78. The van der Waals surface area contributed by atoms with Crippen LogP contribution in [0, 0.1) is 0 Å². The fraction of sp³-hybridized carbons (Fsp3) is 0.217. The Kier molecular flexibility index (Phi) is 5.24. The summed E-state index contributed by atoms with van der Waals surface area (Å²) in [7, 11) is 0. The molecule has 4 rings (SSSR count). The molecule has 0 saturated heterocycles. The summed E-state index contributed by atoms with van der Waals surface area (Å²) >= 11 is 0. The van der Waals surface area contributed by atoms with Gasteiger partial charge in [-0.2, -0.15) is 0 Å². The number of nitrogens with one attached hydrogen (secondary N) is 1. The molecule has 0 aromatic heterocycles. The molecule has 0 aliphatic heterocycles. The molecule has 1 amide bonds. The van der Waals surface area contributed by atoms with Gasteiger partial charge in [0.25, 0.3) is 5.91 Å². The number of rotatable bonds is 7. The molecule has 5 heteroatoms. The molecule has 1 N–H and O–H groups in total. The van der Waals surface area contributed by atoms with Crippen molar-refractivity contribution in [1.82, 2.24) is 5.32 Å². The second-order valence-electron chi connectivity index (χ2n) is 6.86. The maximum Gasteiger partial charge on any atom is 0.345 e. The number of amides is 1. The lowest BCUT2D eigenvalue weighted by Gasteiger charge is -2.18. The number of fused-ring (bicyclic) bond motifs is 1. The third-order valence-electron chi connectivity index (χ3n) is 4.59. The van der Waals surface area contributed by atoms with E-state index in [1.165, 1.54) is 0 Å². The van der Waals surface area contributed by atoms with Crippen LogP contribution < -0.4 is 10.1 Å². The highest BCUT2D eigenvalue weighted by Gasteiger charge is 2.30. The van der Waals surface area contributed by atoms with E-state index in [0.717, 1.165) is 23.6 Å². The molecule has 0 bridgehead atoms. The molecule has 3 aromatic carbocycles. The van der Waals surface area contributed by atoms with E-state index in [1.54, 1.807) is 12.1 Å². The van der Waals surface area contributed by atoms with Gasteiger partial charge in [-0.1, -0.05) is 60.7 Å². The van der Waals surface area contributed by atoms with Gasteiger partial charge in [-0.15, -0.1) is 0 Å². The zero-order valence-electron chi connectivity index (χ0n) is 15.3. The lowest BCUT2D eigenvalue weighted by Crippen LogP contribution is -2.34. The Morgan fingerprint density at radius 3 is 2.39 bits per heavy atom. The smallest absolute Gasteiger partial charge is 0.345 e. The van der Waals surface area contributed by atoms with Gasteiger partial charge in [-0.3, -0.25) is 4.79 Å². The average molecular weight is 375 g/mol. The van der Waals surface area contributed by atoms with Crippen molar-refractivity contribution in [3.8, 4) is 5.75 Å². The van der Waals surface area contributed by atoms with Gasteiger partial charge in [-0.25, -0.2) is 4.79 Å². The highest BCUT2D eigenvalue weighted by molar-refractivity contribution is 5.86. The van der Waals surface area contributed by atoms with Crippen LogP contribution >= 0.6 is 0 Å². The Hall–Kier alpha value is -3.34. The number of carbonyl (C=O) groups is 2. The first-order valence-electron chi connectivity index (χ1n) is 9.35. The molecule has 28 heavy (non-hydrogen) atoms. The Morgan fingerprint density at radius 2 is 1.64 bits per heavy atom. The summed E-state index contributed by atoms with van der Waals surface area (Å²) in [5.41, 5.74) is 0.639. The van der Waals surface area contributed by atoms with Crippen LogP contribution in [0.25, 0.3) is 10.8 Å². The number of hydrogen-bond donors (Lipinski definition) is 1. The Balaban J connectivity index is 1.41. The van der Waals surface area contributed by atoms with Gasteiger partial charge in [-0.05, 0) is 35.7 Å². The molecule has 0 radical (unpaired) electrons. The zero-order chi connectivity index (χ0) is 19.3. The van der Waals surface area contributed by atoms with Crippen LogP contribution in [-0.2, 0) is 14.3 Å². The summed E-state index contributed by atoms with van der Waals surface area (Å²) in [5, 5.41) is 5.02. The van der Waals surface area contributed by atoms with Crippen LogP contribution in [0.15, 0.2) is 72.8 Å². The van der Waals surface area contributed by atoms with Gasteiger partial charge >= 0.3 is 5.97 Å². The number of ether oxygens (including phenoxy) is 2. The first-order valence-corrected chi connectivity index (χ1v) is 9.35. The standard InChI is InChI=1S/C23H21NO4/c25-21(15-27-20-13-10-16-6-4-5-9-18(16)14-20)28-22(17-7-2-1-3-8-17)23(26)24-19-11-12-19/h1-10,13-14,19,22H,11-12,15H2,(H,24,26)/t22-/m0/s1. The largest absolute Gasteiger partial charge is 0.482 e. The Bertz CT molecular complexity index is 982. The quantitative estimate of drug-likeness (QED) is 0.638. The van der Waals surface area contributed by atoms with Crippen molar-refractivity contribution in [2.45, 2.75) is 25.0 Å². The van der Waals surface area contributed by atoms with Crippen LogP contribution in [0.3, 0.4) is 0 Å². The second kappa shape index (κ2) is 8.13. The summed E-state index contributed by atoms with van der Waals surface area (Å²) in [4.78, 5) is 24.9. The van der Waals surface area contributed by atoms with Crippen LogP contribution in [0.2, 0.25) is 0 Å². The van der Waals surface area contributed by atoms with E-state index in [1.807, 2.05) is 60.7 Å². The van der Waals surface area contributed by atoms with E-state index in [9.17, 15) is 9.59 Å². The predicted molar refractivity (Wildman–Crippen MR) is 106 cm³/mol. The molecular formula is C23H21NO4. The van der Waals surface area contributed by atoms with Crippen molar-refractivity contribution in [3.05, 3.63) is 78.4 Å². The monoisotopic (exact) mass is 375 g/mol. The Morgan fingerprint density at radius 1 is 0.929 bits per heavy atom. The zero-order valence-corrected chi connectivity index (χ0v) is 15.3. The topological polar surface area (TPSA) is 64.6 Å². The molecule has 0 spiro atoms. The summed E-state index contributed by atoms with van der Waals surface area (Å²) < 4.78 is 11.0. The number of benzene rings is 3. The molecule has 3 aromatic rings. The first-order chi connectivity index (χ1) is 13.7. The second-order valence-corrected chi connectivity index (χ2v) is 6.86. The van der Waals surface area contributed by atoms with Gasteiger partial charge in [0.2, 0.25) is 6.10 Å². The molecule has 1 fully saturated rings. The van der Waals surface area contributed by atoms with E-state index in [4.69, 9.17) is 9.47 Å². The minimum absolute atomic E-state index is 0.186. The maximum atomic E-state index is 12.5. The van der Waals surface area contributed by atoms with Gasteiger partial charge < -0.3 is 14.8 Å². The van der Waals surface area contributed by atoms with Crippen molar-refractivity contribution in [3.63, 3.8) is 0 Å². The fourth-order valence-electron chi connectivity index (χ4n) is 2.97. The minimum Gasteiger partial charge on any atom is -0.482 e. The normalized spacial score (nSPS) is 14.3. The molecule has 0 heterocycles. The molecule has 1 aliphatic rings. The number of hydrogen-bond acceptors (Lipinski definition) is 4. The van der Waals surface area contributed by atoms with E-state index < -0.39 is 12.1 Å². The van der Waals surface area contributed by atoms with Gasteiger partial charge in [0.1, 0.15) is 5.75 Å². The Labute approximate surface area is 163 Å². The molecule has 142 valence electrons. The van der Waals surface area contributed by atoms with Crippen LogP contribution in [-0.4, -0.2) is 24.5 Å². The van der Waals surface area contributed by atoms with Gasteiger partial charge in [0.05, 0.1) is 0 Å². The van der Waals surface area contributed by atoms with Crippen LogP contribution in [0.5, 0.6) is 5.75 Å². The molecular weight excluding hydrogens is 354 g/mol. The van der Waals surface area contributed by atoms with Crippen molar-refractivity contribution < 1.29 is 19.1 Å².